The van der Waals surface area contributed by atoms with E-state index < -0.39 is 0 Å². The Morgan fingerprint density at radius 1 is 1.21 bits per heavy atom. The predicted octanol–water partition coefficient (Wildman–Crippen LogP) is 4.04. The number of thioether (sulfide) groups is 1. The van der Waals surface area contributed by atoms with Gasteiger partial charge in [0.15, 0.2) is 10.1 Å². The summed E-state index contributed by atoms with van der Waals surface area (Å²) in [5.41, 5.74) is 2.16. The van der Waals surface area contributed by atoms with Crippen molar-refractivity contribution in [3.63, 3.8) is 0 Å². The molecule has 8 heteroatoms. The van der Waals surface area contributed by atoms with Crippen LogP contribution in [0.4, 0.5) is 0 Å². The first-order valence-corrected chi connectivity index (χ1v) is 11.0. The van der Waals surface area contributed by atoms with Crippen molar-refractivity contribution in [2.75, 3.05) is 0 Å². The van der Waals surface area contributed by atoms with Crippen molar-refractivity contribution in [1.82, 2.24) is 18.9 Å². The Labute approximate surface area is 169 Å². The Hall–Kier alpha value is -2.45. The monoisotopic (exact) mass is 412 g/mol. The van der Waals surface area contributed by atoms with Gasteiger partial charge in [-0.1, -0.05) is 30.8 Å². The van der Waals surface area contributed by atoms with Crippen LogP contribution in [-0.2, 0) is 5.75 Å². The van der Waals surface area contributed by atoms with E-state index in [2.05, 4.69) is 11.9 Å². The lowest BCUT2D eigenvalue weighted by Gasteiger charge is -2.18. The number of aromatic nitrogens is 4. The second kappa shape index (κ2) is 7.52. The van der Waals surface area contributed by atoms with Crippen LogP contribution in [0.1, 0.15) is 37.7 Å². The number of thiazole rings is 1. The van der Waals surface area contributed by atoms with Crippen LogP contribution < -0.4 is 11.1 Å². The molecule has 1 aromatic carbocycles. The van der Waals surface area contributed by atoms with Gasteiger partial charge in [0.1, 0.15) is 0 Å². The topological polar surface area (TPSA) is 69.3 Å². The van der Waals surface area contributed by atoms with E-state index in [4.69, 9.17) is 4.98 Å². The minimum Gasteiger partial charge on any atom is -0.284 e. The number of rotatable bonds is 5. The van der Waals surface area contributed by atoms with Crippen LogP contribution in [0.15, 0.2) is 50.5 Å². The van der Waals surface area contributed by atoms with E-state index >= 15 is 0 Å². The third-order valence-electron chi connectivity index (χ3n) is 4.78. The van der Waals surface area contributed by atoms with Crippen molar-refractivity contribution in [3.8, 4) is 0 Å². The van der Waals surface area contributed by atoms with Crippen LogP contribution in [0.5, 0.6) is 0 Å². The van der Waals surface area contributed by atoms with Crippen LogP contribution in [0.3, 0.4) is 0 Å². The van der Waals surface area contributed by atoms with Gasteiger partial charge >= 0.3 is 0 Å². The SMILES string of the molecule is CCC(C)n1c(SCc2cc(=O)n3c(C)csc3n2)nc2ccccc2c1=O. The van der Waals surface area contributed by atoms with Crippen LogP contribution in [0.2, 0.25) is 0 Å². The molecule has 1 unspecified atom stereocenters. The van der Waals surface area contributed by atoms with Gasteiger partial charge in [-0.3, -0.25) is 18.6 Å². The Morgan fingerprint density at radius 3 is 2.79 bits per heavy atom. The second-order valence-corrected chi connectivity index (χ2v) is 8.49. The molecule has 4 aromatic rings. The van der Waals surface area contributed by atoms with Gasteiger partial charge in [-0.15, -0.1) is 11.3 Å². The number of hydrogen-bond donors (Lipinski definition) is 0. The summed E-state index contributed by atoms with van der Waals surface area (Å²) >= 11 is 2.89. The zero-order valence-corrected chi connectivity index (χ0v) is 17.5. The summed E-state index contributed by atoms with van der Waals surface area (Å²) in [5.74, 6) is 0.476. The number of nitrogens with zero attached hydrogens (tertiary/aromatic N) is 4. The van der Waals surface area contributed by atoms with Crippen LogP contribution >= 0.6 is 23.1 Å². The Morgan fingerprint density at radius 2 is 2.00 bits per heavy atom. The number of fused-ring (bicyclic) bond motifs is 2. The van der Waals surface area contributed by atoms with E-state index in [9.17, 15) is 9.59 Å². The van der Waals surface area contributed by atoms with E-state index in [-0.39, 0.29) is 17.2 Å². The molecule has 0 aliphatic carbocycles. The van der Waals surface area contributed by atoms with Gasteiger partial charge < -0.3 is 0 Å². The lowest BCUT2D eigenvalue weighted by molar-refractivity contribution is 0.468. The molecule has 0 amide bonds. The number of para-hydroxylation sites is 1. The largest absolute Gasteiger partial charge is 0.284 e. The van der Waals surface area contributed by atoms with Crippen molar-refractivity contribution in [2.45, 2.75) is 44.1 Å². The van der Waals surface area contributed by atoms with Crippen molar-refractivity contribution < 1.29 is 0 Å². The summed E-state index contributed by atoms with van der Waals surface area (Å²) in [6.07, 6.45) is 0.827. The molecule has 0 bridgehead atoms. The van der Waals surface area contributed by atoms with Gasteiger partial charge in [0, 0.05) is 28.9 Å². The third-order valence-corrected chi connectivity index (χ3v) is 6.71. The van der Waals surface area contributed by atoms with Crippen LogP contribution in [-0.4, -0.2) is 18.9 Å². The summed E-state index contributed by atoms with van der Waals surface area (Å²) in [6.45, 7) is 5.97. The molecule has 0 saturated carbocycles. The fraction of sp³-hybridized carbons (Fsp3) is 0.300. The minimum absolute atomic E-state index is 0.0280. The highest BCUT2D eigenvalue weighted by molar-refractivity contribution is 7.98. The summed E-state index contributed by atoms with van der Waals surface area (Å²) in [6, 6.07) is 9.00. The first-order valence-electron chi connectivity index (χ1n) is 9.10. The smallest absolute Gasteiger partial charge is 0.262 e. The highest BCUT2D eigenvalue weighted by Crippen LogP contribution is 2.25. The Balaban J connectivity index is 1.75. The first-order chi connectivity index (χ1) is 13.5. The average molecular weight is 413 g/mol. The fourth-order valence-corrected chi connectivity index (χ4v) is 4.99. The maximum Gasteiger partial charge on any atom is 0.262 e. The molecule has 0 saturated heterocycles. The highest BCUT2D eigenvalue weighted by Gasteiger charge is 2.16. The molecule has 3 heterocycles. The first kappa shape index (κ1) is 18.9. The summed E-state index contributed by atoms with van der Waals surface area (Å²) in [5, 5.41) is 3.20. The molecule has 0 aliphatic heterocycles. The average Bonchev–Trinajstić information content (AvgIpc) is 3.07. The van der Waals surface area contributed by atoms with E-state index in [1.165, 1.54) is 23.1 Å². The number of hydrogen-bond acceptors (Lipinski definition) is 6. The van der Waals surface area contributed by atoms with Gasteiger partial charge in [0.05, 0.1) is 16.6 Å². The normalized spacial score (nSPS) is 12.7. The molecule has 0 N–H and O–H groups in total. The van der Waals surface area contributed by atoms with Gasteiger partial charge in [0.2, 0.25) is 0 Å². The molecule has 0 spiro atoms. The van der Waals surface area contributed by atoms with Crippen LogP contribution in [0.25, 0.3) is 15.9 Å². The van der Waals surface area contributed by atoms with Gasteiger partial charge in [0.25, 0.3) is 11.1 Å². The molecule has 28 heavy (non-hydrogen) atoms. The molecular weight excluding hydrogens is 392 g/mol. The molecule has 0 fully saturated rings. The molecule has 144 valence electrons. The third kappa shape index (κ3) is 3.27. The number of aryl methyl sites for hydroxylation is 1. The summed E-state index contributed by atoms with van der Waals surface area (Å²) in [4.78, 5) is 35.4. The lowest BCUT2D eigenvalue weighted by Crippen LogP contribution is -2.26. The molecule has 6 nitrogen and oxygen atoms in total. The molecule has 3 aromatic heterocycles. The van der Waals surface area contributed by atoms with Crippen LogP contribution in [0, 0.1) is 6.92 Å². The zero-order chi connectivity index (χ0) is 19.8. The molecule has 0 aliphatic rings. The quantitative estimate of drug-likeness (QED) is 0.366. The van der Waals surface area contributed by atoms with Crippen molar-refractivity contribution >= 4 is 39.0 Å². The molecule has 1 atom stereocenters. The molecule has 4 rings (SSSR count). The summed E-state index contributed by atoms with van der Waals surface area (Å²) < 4.78 is 3.37. The van der Waals surface area contributed by atoms with Crippen molar-refractivity contribution in [3.05, 3.63) is 67.8 Å². The van der Waals surface area contributed by atoms with E-state index in [1.54, 1.807) is 15.0 Å². The van der Waals surface area contributed by atoms with Gasteiger partial charge in [-0.2, -0.15) is 0 Å². The maximum absolute atomic E-state index is 13.0. The fourth-order valence-electron chi connectivity index (χ4n) is 3.11. The van der Waals surface area contributed by atoms with E-state index in [1.807, 2.05) is 43.5 Å². The summed E-state index contributed by atoms with van der Waals surface area (Å²) in [7, 11) is 0. The van der Waals surface area contributed by atoms with E-state index in [0.717, 1.165) is 12.1 Å². The highest BCUT2D eigenvalue weighted by atomic mass is 32.2. The van der Waals surface area contributed by atoms with Crippen molar-refractivity contribution in [1.29, 1.82) is 0 Å². The number of benzene rings is 1. The maximum atomic E-state index is 13.0. The second-order valence-electron chi connectivity index (χ2n) is 6.71. The standard InChI is InChI=1S/C20H20N4O2S2/c1-4-12(2)24-18(26)15-7-5-6-8-16(15)22-20(24)28-11-14-9-17(25)23-13(3)10-27-19(23)21-14/h5-10,12H,4,11H2,1-3H3. The predicted molar refractivity (Wildman–Crippen MR) is 115 cm³/mol. The zero-order valence-electron chi connectivity index (χ0n) is 15.9. The van der Waals surface area contributed by atoms with E-state index in [0.29, 0.717) is 32.5 Å². The minimum atomic E-state index is -0.0786. The van der Waals surface area contributed by atoms with Crippen molar-refractivity contribution in [2.24, 2.45) is 0 Å². The molecular formula is C20H20N4O2S2. The van der Waals surface area contributed by atoms with Gasteiger partial charge in [-0.05, 0) is 32.4 Å². The Kier molecular flexibility index (Phi) is 5.07. The lowest BCUT2D eigenvalue weighted by atomic mass is 10.2. The van der Waals surface area contributed by atoms with Gasteiger partial charge in [-0.25, -0.2) is 9.97 Å². The Bertz CT molecular complexity index is 1290. The molecule has 0 radical (unpaired) electrons.